The fourth-order valence-corrected chi connectivity index (χ4v) is 2.90. The van der Waals surface area contributed by atoms with Crippen molar-refractivity contribution >= 4 is 32.9 Å². The van der Waals surface area contributed by atoms with Gasteiger partial charge < -0.3 is 28.5 Å². The lowest BCUT2D eigenvalue weighted by atomic mass is 10.1. The molecule has 2 N–H and O–H groups in total. The van der Waals surface area contributed by atoms with Gasteiger partial charge in [-0.05, 0) is 12.1 Å². The maximum Gasteiger partial charge on any atom is 0.348 e. The van der Waals surface area contributed by atoms with E-state index in [0.717, 1.165) is 6.07 Å². The highest BCUT2D eigenvalue weighted by Crippen LogP contribution is 2.43. The first-order valence-corrected chi connectivity index (χ1v) is 7.01. The Morgan fingerprint density at radius 3 is 2.46 bits per heavy atom. The molecule has 24 heavy (non-hydrogen) atoms. The standard InChI is InChI=1S/C17H12O7/c1-21-10-4-3-8-12-16(24-14(8)15(10)22-2)13-9(19)5-7(18)6-11(13)23-17(12)20/h3-6,18-19H,1-2H3. The first-order valence-electron chi connectivity index (χ1n) is 7.01. The molecule has 0 amide bonds. The van der Waals surface area contributed by atoms with Crippen molar-refractivity contribution in [2.24, 2.45) is 0 Å². The van der Waals surface area contributed by atoms with Crippen LogP contribution in [0.4, 0.5) is 0 Å². The number of benzene rings is 2. The monoisotopic (exact) mass is 328 g/mol. The topological polar surface area (TPSA) is 102 Å². The number of aromatic hydroxyl groups is 2. The lowest BCUT2D eigenvalue weighted by molar-refractivity contribution is 0.354. The molecule has 4 aromatic rings. The van der Waals surface area contributed by atoms with E-state index < -0.39 is 5.63 Å². The van der Waals surface area contributed by atoms with E-state index in [4.69, 9.17) is 18.3 Å². The largest absolute Gasteiger partial charge is 0.508 e. The zero-order chi connectivity index (χ0) is 17.0. The fourth-order valence-electron chi connectivity index (χ4n) is 2.90. The highest BCUT2D eigenvalue weighted by Gasteiger charge is 2.22. The van der Waals surface area contributed by atoms with Gasteiger partial charge in [0.25, 0.3) is 0 Å². The van der Waals surface area contributed by atoms with Gasteiger partial charge in [0.1, 0.15) is 27.9 Å². The summed E-state index contributed by atoms with van der Waals surface area (Å²) < 4.78 is 21.6. The Balaban J connectivity index is 2.30. The Hall–Kier alpha value is -3.35. The quantitative estimate of drug-likeness (QED) is 0.545. The molecule has 0 aliphatic heterocycles. The van der Waals surface area contributed by atoms with Crippen LogP contribution in [0.3, 0.4) is 0 Å². The van der Waals surface area contributed by atoms with Gasteiger partial charge in [-0.2, -0.15) is 0 Å². The number of hydrogen-bond donors (Lipinski definition) is 2. The molecule has 0 saturated heterocycles. The van der Waals surface area contributed by atoms with Crippen molar-refractivity contribution in [2.75, 3.05) is 14.2 Å². The molecule has 122 valence electrons. The maximum atomic E-state index is 12.4. The maximum absolute atomic E-state index is 12.4. The molecule has 0 radical (unpaired) electrons. The van der Waals surface area contributed by atoms with E-state index in [-0.39, 0.29) is 33.4 Å². The minimum Gasteiger partial charge on any atom is -0.508 e. The van der Waals surface area contributed by atoms with E-state index >= 15 is 0 Å². The first kappa shape index (κ1) is 14.3. The summed E-state index contributed by atoms with van der Waals surface area (Å²) in [7, 11) is 2.95. The van der Waals surface area contributed by atoms with Crippen molar-refractivity contribution in [1.82, 2.24) is 0 Å². The SMILES string of the molecule is COc1ccc2c(oc3c4c(O)cc(O)cc4oc(=O)c23)c1OC. The van der Waals surface area contributed by atoms with Gasteiger partial charge in [-0.3, -0.25) is 0 Å². The minimum atomic E-state index is -0.645. The molecular formula is C17H12O7. The number of phenols is 2. The number of phenolic OH excluding ortho intramolecular Hbond substituents is 2. The van der Waals surface area contributed by atoms with Crippen LogP contribution in [0, 0.1) is 0 Å². The number of furan rings is 1. The van der Waals surface area contributed by atoms with Crippen LogP contribution in [-0.2, 0) is 0 Å². The smallest absolute Gasteiger partial charge is 0.348 e. The number of rotatable bonds is 2. The Morgan fingerprint density at radius 2 is 1.75 bits per heavy atom. The highest BCUT2D eigenvalue weighted by molar-refractivity contribution is 6.15. The van der Waals surface area contributed by atoms with Crippen LogP contribution in [0.25, 0.3) is 32.9 Å². The molecule has 0 aliphatic rings. The van der Waals surface area contributed by atoms with Crippen LogP contribution >= 0.6 is 0 Å². The third-order valence-corrected chi connectivity index (χ3v) is 3.90. The molecule has 0 atom stereocenters. The minimum absolute atomic E-state index is 0.0231. The lowest BCUT2D eigenvalue weighted by Crippen LogP contribution is -1.98. The van der Waals surface area contributed by atoms with Gasteiger partial charge in [0.2, 0.25) is 5.75 Å². The Labute approximate surface area is 134 Å². The summed E-state index contributed by atoms with van der Waals surface area (Å²) in [6.45, 7) is 0. The van der Waals surface area contributed by atoms with Crippen molar-refractivity contribution in [3.63, 3.8) is 0 Å². The van der Waals surface area contributed by atoms with E-state index in [2.05, 4.69) is 0 Å². The molecule has 0 unspecified atom stereocenters. The van der Waals surface area contributed by atoms with Crippen LogP contribution in [-0.4, -0.2) is 24.4 Å². The fraction of sp³-hybridized carbons (Fsp3) is 0.118. The third-order valence-electron chi connectivity index (χ3n) is 3.90. The molecule has 2 aromatic heterocycles. The van der Waals surface area contributed by atoms with E-state index in [0.29, 0.717) is 22.5 Å². The van der Waals surface area contributed by atoms with Gasteiger partial charge in [0.05, 0.1) is 14.2 Å². The molecule has 2 aromatic carbocycles. The number of hydrogen-bond acceptors (Lipinski definition) is 7. The normalized spacial score (nSPS) is 11.4. The van der Waals surface area contributed by atoms with E-state index in [1.807, 2.05) is 0 Å². The van der Waals surface area contributed by atoms with Crippen LogP contribution in [0.15, 0.2) is 37.9 Å². The van der Waals surface area contributed by atoms with Crippen LogP contribution in [0.2, 0.25) is 0 Å². The second-order valence-electron chi connectivity index (χ2n) is 5.21. The van der Waals surface area contributed by atoms with Crippen LogP contribution in [0.5, 0.6) is 23.0 Å². The Kier molecular flexibility index (Phi) is 2.86. The summed E-state index contributed by atoms with van der Waals surface area (Å²) in [5.74, 6) is 0.290. The summed E-state index contributed by atoms with van der Waals surface area (Å²) in [4.78, 5) is 12.4. The zero-order valence-corrected chi connectivity index (χ0v) is 12.7. The molecule has 7 nitrogen and oxygen atoms in total. The summed E-state index contributed by atoms with van der Waals surface area (Å²) in [5.41, 5.74) is -0.164. The van der Waals surface area contributed by atoms with Gasteiger partial charge in [0, 0.05) is 17.5 Å². The van der Waals surface area contributed by atoms with Gasteiger partial charge in [-0.15, -0.1) is 0 Å². The molecule has 0 saturated carbocycles. The molecule has 0 spiro atoms. The van der Waals surface area contributed by atoms with Crippen LogP contribution < -0.4 is 15.1 Å². The number of ether oxygens (including phenoxy) is 2. The molecule has 7 heteroatoms. The van der Waals surface area contributed by atoms with Crippen LogP contribution in [0.1, 0.15) is 0 Å². The summed E-state index contributed by atoms with van der Waals surface area (Å²) >= 11 is 0. The first-order chi connectivity index (χ1) is 11.5. The summed E-state index contributed by atoms with van der Waals surface area (Å²) in [5, 5.41) is 20.6. The van der Waals surface area contributed by atoms with Gasteiger partial charge in [-0.1, -0.05) is 0 Å². The number of methoxy groups -OCH3 is 2. The molecular weight excluding hydrogens is 316 g/mol. The average molecular weight is 328 g/mol. The van der Waals surface area contributed by atoms with E-state index in [1.54, 1.807) is 12.1 Å². The zero-order valence-electron chi connectivity index (χ0n) is 12.7. The average Bonchev–Trinajstić information content (AvgIpc) is 2.92. The van der Waals surface area contributed by atoms with Gasteiger partial charge in [0.15, 0.2) is 16.9 Å². The lowest BCUT2D eigenvalue weighted by Gasteiger charge is -2.06. The second kappa shape index (κ2) is 4.82. The number of fused-ring (bicyclic) bond motifs is 5. The van der Waals surface area contributed by atoms with E-state index in [9.17, 15) is 15.0 Å². The molecule has 4 rings (SSSR count). The van der Waals surface area contributed by atoms with Gasteiger partial charge >= 0.3 is 5.63 Å². The molecule has 2 heterocycles. The summed E-state index contributed by atoms with van der Waals surface area (Å²) in [6, 6.07) is 5.69. The van der Waals surface area contributed by atoms with Crippen molar-refractivity contribution < 1.29 is 28.5 Å². The predicted molar refractivity (Wildman–Crippen MR) is 86.2 cm³/mol. The van der Waals surface area contributed by atoms with Crippen molar-refractivity contribution in [2.45, 2.75) is 0 Å². The van der Waals surface area contributed by atoms with Crippen molar-refractivity contribution in [3.05, 3.63) is 34.7 Å². The van der Waals surface area contributed by atoms with Crippen molar-refractivity contribution in [1.29, 1.82) is 0 Å². The Morgan fingerprint density at radius 1 is 0.958 bits per heavy atom. The third kappa shape index (κ3) is 1.75. The van der Waals surface area contributed by atoms with E-state index in [1.165, 1.54) is 20.3 Å². The summed E-state index contributed by atoms with van der Waals surface area (Å²) in [6.07, 6.45) is 0. The predicted octanol–water partition coefficient (Wildman–Crippen LogP) is 3.12. The van der Waals surface area contributed by atoms with Gasteiger partial charge in [-0.25, -0.2) is 4.79 Å². The highest BCUT2D eigenvalue weighted by atomic mass is 16.5. The molecule has 0 aliphatic carbocycles. The molecule has 0 fully saturated rings. The Bertz CT molecular complexity index is 1170. The second-order valence-corrected chi connectivity index (χ2v) is 5.21. The van der Waals surface area contributed by atoms with Crippen molar-refractivity contribution in [3.8, 4) is 23.0 Å². The molecule has 0 bridgehead atoms.